The zero-order valence-corrected chi connectivity index (χ0v) is 14.0. The van der Waals surface area contributed by atoms with Gasteiger partial charge >= 0.3 is 0 Å². The number of rotatable bonds is 5. The van der Waals surface area contributed by atoms with Gasteiger partial charge < -0.3 is 19.7 Å². The van der Waals surface area contributed by atoms with Gasteiger partial charge in [-0.25, -0.2) is 0 Å². The van der Waals surface area contributed by atoms with Crippen molar-refractivity contribution in [1.29, 1.82) is 0 Å². The molecule has 0 aliphatic carbocycles. The van der Waals surface area contributed by atoms with Crippen molar-refractivity contribution in [2.45, 2.75) is 38.8 Å². The van der Waals surface area contributed by atoms with E-state index in [2.05, 4.69) is 24.1 Å². The average molecular weight is 313 g/mol. The minimum atomic E-state index is 0.458. The number of methoxy groups -OCH3 is 2. The third kappa shape index (κ3) is 3.95. The van der Waals surface area contributed by atoms with E-state index in [9.17, 15) is 0 Å². The van der Waals surface area contributed by atoms with Gasteiger partial charge in [-0.15, -0.1) is 0 Å². The lowest BCUT2D eigenvalue weighted by Gasteiger charge is -2.35. The zero-order chi connectivity index (χ0) is 15.4. The molecule has 0 aromatic heterocycles. The van der Waals surface area contributed by atoms with Crippen molar-refractivity contribution in [2.75, 3.05) is 32.6 Å². The standard InChI is InChI=1S/C16H25ClN2O2/c1-11(2)19-7-5-12(6-8-19)18-14-10-15(20-3)13(17)9-16(14)21-4/h9-12,18H,5-8H2,1-4H3. The molecule has 0 saturated carbocycles. The fourth-order valence-electron chi connectivity index (χ4n) is 2.75. The van der Waals surface area contributed by atoms with Crippen LogP contribution in [0.4, 0.5) is 5.69 Å². The number of nitrogens with zero attached hydrogens (tertiary/aromatic N) is 1. The van der Waals surface area contributed by atoms with Gasteiger partial charge in [-0.3, -0.25) is 0 Å². The van der Waals surface area contributed by atoms with Gasteiger partial charge in [-0.2, -0.15) is 0 Å². The first kappa shape index (κ1) is 16.2. The highest BCUT2D eigenvalue weighted by Crippen LogP contribution is 2.36. The first-order chi connectivity index (χ1) is 10.0. The van der Waals surface area contributed by atoms with E-state index in [1.54, 1.807) is 20.3 Å². The molecule has 0 amide bonds. The molecule has 1 fully saturated rings. The number of anilines is 1. The molecule has 0 atom stereocenters. The third-order valence-corrected chi connectivity index (χ3v) is 4.39. The van der Waals surface area contributed by atoms with Crippen LogP contribution in [0, 0.1) is 0 Å². The molecule has 1 aromatic carbocycles. The number of benzene rings is 1. The van der Waals surface area contributed by atoms with Gasteiger partial charge in [0.15, 0.2) is 0 Å². The molecule has 0 bridgehead atoms. The van der Waals surface area contributed by atoms with E-state index in [4.69, 9.17) is 21.1 Å². The number of likely N-dealkylation sites (tertiary alicyclic amines) is 1. The summed E-state index contributed by atoms with van der Waals surface area (Å²) in [5, 5.41) is 4.14. The molecule has 0 unspecified atom stereocenters. The topological polar surface area (TPSA) is 33.7 Å². The maximum atomic E-state index is 6.14. The maximum Gasteiger partial charge on any atom is 0.143 e. The summed E-state index contributed by atoms with van der Waals surface area (Å²) in [6.45, 7) is 6.76. The molecule has 4 nitrogen and oxygen atoms in total. The van der Waals surface area contributed by atoms with E-state index in [-0.39, 0.29) is 0 Å². The van der Waals surface area contributed by atoms with Crippen LogP contribution < -0.4 is 14.8 Å². The molecule has 118 valence electrons. The van der Waals surface area contributed by atoms with Crippen molar-refractivity contribution in [1.82, 2.24) is 4.90 Å². The Morgan fingerprint density at radius 1 is 1.14 bits per heavy atom. The predicted molar refractivity (Wildman–Crippen MR) is 87.9 cm³/mol. The van der Waals surface area contributed by atoms with Crippen molar-refractivity contribution in [3.8, 4) is 11.5 Å². The largest absolute Gasteiger partial charge is 0.495 e. The SMILES string of the molecule is COc1cc(NC2CCN(C(C)C)CC2)c(OC)cc1Cl. The number of nitrogens with one attached hydrogen (secondary N) is 1. The van der Waals surface area contributed by atoms with Crippen LogP contribution in [0.1, 0.15) is 26.7 Å². The highest BCUT2D eigenvalue weighted by atomic mass is 35.5. The lowest BCUT2D eigenvalue weighted by molar-refractivity contribution is 0.177. The Kier molecular flexibility index (Phi) is 5.59. The fourth-order valence-corrected chi connectivity index (χ4v) is 2.98. The summed E-state index contributed by atoms with van der Waals surface area (Å²) in [7, 11) is 3.28. The minimum absolute atomic E-state index is 0.458. The Morgan fingerprint density at radius 3 is 2.29 bits per heavy atom. The Hall–Kier alpha value is -1.13. The van der Waals surface area contributed by atoms with Crippen molar-refractivity contribution in [2.24, 2.45) is 0 Å². The fraction of sp³-hybridized carbons (Fsp3) is 0.625. The van der Waals surface area contributed by atoms with Crippen LogP contribution in [0.25, 0.3) is 0 Å². The number of piperidine rings is 1. The van der Waals surface area contributed by atoms with Crippen molar-refractivity contribution < 1.29 is 9.47 Å². The highest BCUT2D eigenvalue weighted by molar-refractivity contribution is 6.32. The monoisotopic (exact) mass is 312 g/mol. The van der Waals surface area contributed by atoms with E-state index in [0.717, 1.165) is 37.4 Å². The predicted octanol–water partition coefficient (Wildman–Crippen LogP) is 3.64. The van der Waals surface area contributed by atoms with Crippen LogP contribution in [-0.2, 0) is 0 Å². The molecule has 2 rings (SSSR count). The Bertz CT molecular complexity index is 472. The van der Waals surface area contributed by atoms with Gasteiger partial charge in [0.2, 0.25) is 0 Å². The van der Waals surface area contributed by atoms with E-state index in [0.29, 0.717) is 22.9 Å². The van der Waals surface area contributed by atoms with Crippen LogP contribution in [0.5, 0.6) is 11.5 Å². The number of hydrogen-bond donors (Lipinski definition) is 1. The summed E-state index contributed by atoms with van der Waals surface area (Å²) in [5.74, 6) is 1.42. The van der Waals surface area contributed by atoms with Crippen molar-refractivity contribution >= 4 is 17.3 Å². The molecule has 1 saturated heterocycles. The second-order valence-corrected chi connectivity index (χ2v) is 6.14. The molecule has 1 N–H and O–H groups in total. The molecule has 0 spiro atoms. The summed E-state index contributed by atoms with van der Waals surface area (Å²) >= 11 is 6.14. The van der Waals surface area contributed by atoms with Crippen molar-refractivity contribution in [3.63, 3.8) is 0 Å². The van der Waals surface area contributed by atoms with Gasteiger partial charge in [-0.1, -0.05) is 11.6 Å². The molecule has 1 aliphatic rings. The number of hydrogen-bond acceptors (Lipinski definition) is 4. The van der Waals surface area contributed by atoms with E-state index in [1.807, 2.05) is 6.07 Å². The van der Waals surface area contributed by atoms with E-state index >= 15 is 0 Å². The van der Waals surface area contributed by atoms with Gasteiger partial charge in [-0.05, 0) is 26.7 Å². The summed E-state index contributed by atoms with van der Waals surface area (Å²) in [4.78, 5) is 2.51. The number of ether oxygens (including phenoxy) is 2. The molecule has 1 aliphatic heterocycles. The molecule has 21 heavy (non-hydrogen) atoms. The molecular formula is C16H25ClN2O2. The summed E-state index contributed by atoms with van der Waals surface area (Å²) in [5.41, 5.74) is 0.946. The first-order valence-corrected chi connectivity index (χ1v) is 7.85. The second-order valence-electron chi connectivity index (χ2n) is 5.74. The van der Waals surface area contributed by atoms with Crippen LogP contribution >= 0.6 is 11.6 Å². The van der Waals surface area contributed by atoms with Crippen LogP contribution in [-0.4, -0.2) is 44.3 Å². The lowest BCUT2D eigenvalue weighted by atomic mass is 10.0. The smallest absolute Gasteiger partial charge is 0.143 e. The van der Waals surface area contributed by atoms with Crippen molar-refractivity contribution in [3.05, 3.63) is 17.2 Å². The summed E-state index contributed by atoms with van der Waals surface area (Å²) < 4.78 is 10.7. The van der Waals surface area contributed by atoms with Gasteiger partial charge in [0.25, 0.3) is 0 Å². The average Bonchev–Trinajstić information content (AvgIpc) is 2.49. The molecule has 1 heterocycles. The number of halogens is 1. The van der Waals surface area contributed by atoms with Crippen LogP contribution in [0.3, 0.4) is 0 Å². The Labute approximate surface area is 132 Å². The zero-order valence-electron chi connectivity index (χ0n) is 13.3. The summed E-state index contributed by atoms with van der Waals surface area (Å²) in [6.07, 6.45) is 2.26. The maximum absolute atomic E-state index is 6.14. The quantitative estimate of drug-likeness (QED) is 0.900. The Morgan fingerprint density at radius 2 is 1.76 bits per heavy atom. The van der Waals surface area contributed by atoms with Crippen LogP contribution in [0.15, 0.2) is 12.1 Å². The first-order valence-electron chi connectivity index (χ1n) is 7.47. The molecule has 0 radical (unpaired) electrons. The van der Waals surface area contributed by atoms with Gasteiger partial charge in [0.1, 0.15) is 11.5 Å². The normalized spacial score (nSPS) is 17.0. The second kappa shape index (κ2) is 7.23. The molecule has 5 heteroatoms. The minimum Gasteiger partial charge on any atom is -0.495 e. The third-order valence-electron chi connectivity index (χ3n) is 4.09. The van der Waals surface area contributed by atoms with Crippen LogP contribution in [0.2, 0.25) is 5.02 Å². The molecular weight excluding hydrogens is 288 g/mol. The molecule has 1 aromatic rings. The van der Waals surface area contributed by atoms with E-state index < -0.39 is 0 Å². The highest BCUT2D eigenvalue weighted by Gasteiger charge is 2.22. The Balaban J connectivity index is 2.06. The van der Waals surface area contributed by atoms with Gasteiger partial charge in [0, 0.05) is 37.3 Å². The summed E-state index contributed by atoms with van der Waals surface area (Å²) in [6, 6.07) is 4.79. The van der Waals surface area contributed by atoms with E-state index in [1.165, 1.54) is 0 Å². The lowest BCUT2D eigenvalue weighted by Crippen LogP contribution is -2.42. The van der Waals surface area contributed by atoms with Gasteiger partial charge in [0.05, 0.1) is 24.9 Å².